The predicted molar refractivity (Wildman–Crippen MR) is 114 cm³/mol. The van der Waals surface area contributed by atoms with E-state index in [-0.39, 0.29) is 5.91 Å². The fourth-order valence-corrected chi connectivity index (χ4v) is 4.35. The number of nitrogens with zero attached hydrogens (tertiary/aromatic N) is 2. The van der Waals surface area contributed by atoms with Gasteiger partial charge in [-0.2, -0.15) is 0 Å². The van der Waals surface area contributed by atoms with Crippen LogP contribution in [0, 0.1) is 5.92 Å². The number of likely N-dealkylation sites (tertiary alicyclic amines) is 1. The molecular formula is C24H23N3O. The Balaban J connectivity index is 1.29. The van der Waals surface area contributed by atoms with Crippen molar-refractivity contribution < 1.29 is 4.79 Å². The highest BCUT2D eigenvalue weighted by Gasteiger charge is 2.26. The Labute approximate surface area is 164 Å². The van der Waals surface area contributed by atoms with Crippen LogP contribution in [0.5, 0.6) is 0 Å². The summed E-state index contributed by atoms with van der Waals surface area (Å²) < 4.78 is 0. The summed E-state index contributed by atoms with van der Waals surface area (Å²) in [6.07, 6.45) is 9.06. The van der Waals surface area contributed by atoms with Crippen LogP contribution in [0.2, 0.25) is 0 Å². The van der Waals surface area contributed by atoms with E-state index in [1.807, 2.05) is 41.6 Å². The summed E-state index contributed by atoms with van der Waals surface area (Å²) in [5.74, 6) is 0.665. The van der Waals surface area contributed by atoms with Crippen molar-refractivity contribution in [1.82, 2.24) is 9.88 Å². The molecule has 0 radical (unpaired) electrons. The molecule has 0 saturated carbocycles. The number of aromatic amines is 1. The first-order valence-electron chi connectivity index (χ1n) is 9.97. The summed E-state index contributed by atoms with van der Waals surface area (Å²) >= 11 is 0. The maximum Gasteiger partial charge on any atom is 0.253 e. The Morgan fingerprint density at radius 2 is 1.82 bits per heavy atom. The van der Waals surface area contributed by atoms with Gasteiger partial charge < -0.3 is 9.88 Å². The number of H-pyrrole nitrogens is 1. The lowest BCUT2D eigenvalue weighted by atomic mass is 9.90. The van der Waals surface area contributed by atoms with Gasteiger partial charge in [-0.3, -0.25) is 9.79 Å². The Morgan fingerprint density at radius 3 is 2.57 bits per heavy atom. The van der Waals surface area contributed by atoms with Crippen molar-refractivity contribution in [3.05, 3.63) is 72.6 Å². The minimum absolute atomic E-state index is 0.135. The fraction of sp³-hybridized carbons (Fsp3) is 0.250. The molecule has 4 heteroatoms. The zero-order valence-electron chi connectivity index (χ0n) is 15.8. The van der Waals surface area contributed by atoms with E-state index in [1.165, 1.54) is 16.7 Å². The first-order valence-corrected chi connectivity index (χ1v) is 9.97. The molecule has 0 bridgehead atoms. The smallest absolute Gasteiger partial charge is 0.253 e. The van der Waals surface area contributed by atoms with Crippen LogP contribution in [0.1, 0.15) is 29.6 Å². The molecule has 0 aliphatic carbocycles. The van der Waals surface area contributed by atoms with E-state index in [2.05, 4.69) is 40.3 Å². The number of hydrogen-bond acceptors (Lipinski definition) is 2. The minimum atomic E-state index is 0.135. The molecule has 2 aromatic carbocycles. The summed E-state index contributed by atoms with van der Waals surface area (Å²) in [6.45, 7) is 1.62. The number of carbonyl (C=O) groups is 1. The van der Waals surface area contributed by atoms with Gasteiger partial charge in [-0.05, 0) is 36.6 Å². The molecular weight excluding hydrogens is 346 g/mol. The van der Waals surface area contributed by atoms with E-state index in [4.69, 9.17) is 0 Å². The van der Waals surface area contributed by atoms with Crippen LogP contribution in [0.25, 0.3) is 22.0 Å². The van der Waals surface area contributed by atoms with E-state index in [0.717, 1.165) is 49.0 Å². The number of allylic oxidation sites excluding steroid dienone is 1. The maximum atomic E-state index is 12.9. The van der Waals surface area contributed by atoms with Crippen LogP contribution in [-0.4, -0.2) is 34.6 Å². The number of fused-ring (bicyclic) bond motifs is 1. The minimum Gasteiger partial charge on any atom is -0.361 e. The Kier molecular flexibility index (Phi) is 4.32. The molecule has 1 saturated heterocycles. The van der Waals surface area contributed by atoms with Gasteiger partial charge in [-0.15, -0.1) is 0 Å². The molecule has 1 N–H and O–H groups in total. The second-order valence-corrected chi connectivity index (χ2v) is 7.60. The number of aliphatic imine (C=N–C) groups is 1. The first kappa shape index (κ1) is 17.0. The van der Waals surface area contributed by atoms with Crippen LogP contribution in [0.15, 0.2) is 72.0 Å². The van der Waals surface area contributed by atoms with E-state index in [0.29, 0.717) is 5.92 Å². The van der Waals surface area contributed by atoms with Gasteiger partial charge in [0.15, 0.2) is 0 Å². The molecule has 0 atom stereocenters. The number of aromatic nitrogens is 1. The molecule has 0 spiro atoms. The first-order chi connectivity index (χ1) is 13.8. The third-order valence-electron chi connectivity index (χ3n) is 5.96. The largest absolute Gasteiger partial charge is 0.361 e. The lowest BCUT2D eigenvalue weighted by Crippen LogP contribution is -2.40. The lowest BCUT2D eigenvalue weighted by molar-refractivity contribution is 0.0710. The van der Waals surface area contributed by atoms with E-state index in [9.17, 15) is 4.79 Å². The second-order valence-electron chi connectivity index (χ2n) is 7.60. The molecule has 2 aliphatic heterocycles. The molecule has 5 rings (SSSR count). The van der Waals surface area contributed by atoms with Gasteiger partial charge in [-0.25, -0.2) is 0 Å². The average Bonchev–Trinajstić information content (AvgIpc) is 3.44. The summed E-state index contributed by atoms with van der Waals surface area (Å²) in [7, 11) is 0. The SMILES string of the molecule is O=C(c1ccc(-c2c[nH]c3ccccc23)cc1)N1CCC(C2=NC=CC2)CC1. The van der Waals surface area contributed by atoms with Crippen molar-refractivity contribution in [3.8, 4) is 11.1 Å². The van der Waals surface area contributed by atoms with Crippen LogP contribution >= 0.6 is 0 Å². The van der Waals surface area contributed by atoms with Crippen molar-refractivity contribution >= 4 is 22.5 Å². The highest BCUT2D eigenvalue weighted by molar-refractivity contribution is 5.98. The molecule has 140 valence electrons. The predicted octanol–water partition coefficient (Wildman–Crippen LogP) is 5.05. The number of nitrogens with one attached hydrogen (secondary N) is 1. The molecule has 3 heterocycles. The molecule has 1 fully saturated rings. The Morgan fingerprint density at radius 1 is 1.04 bits per heavy atom. The standard InChI is InChI=1S/C24H23N3O/c28-24(27-14-11-18(12-15-27)22-6-3-13-25-22)19-9-7-17(8-10-19)21-16-26-23-5-2-1-4-20(21)23/h1-5,7-10,13,16,18,26H,6,11-12,14-15H2. The van der Waals surface area contributed by atoms with Crippen LogP contribution in [0.4, 0.5) is 0 Å². The lowest BCUT2D eigenvalue weighted by Gasteiger charge is -2.32. The second kappa shape index (κ2) is 7.12. The monoisotopic (exact) mass is 369 g/mol. The van der Waals surface area contributed by atoms with Gasteiger partial charge in [0.2, 0.25) is 0 Å². The Hall–Kier alpha value is -3.14. The van der Waals surface area contributed by atoms with E-state index < -0.39 is 0 Å². The number of amides is 1. The van der Waals surface area contributed by atoms with E-state index >= 15 is 0 Å². The van der Waals surface area contributed by atoms with Gasteiger partial charge in [0.05, 0.1) is 0 Å². The van der Waals surface area contributed by atoms with Crippen molar-refractivity contribution in [3.63, 3.8) is 0 Å². The third-order valence-corrected chi connectivity index (χ3v) is 5.96. The fourth-order valence-electron chi connectivity index (χ4n) is 4.35. The zero-order chi connectivity index (χ0) is 18.9. The molecule has 0 unspecified atom stereocenters. The van der Waals surface area contributed by atoms with Gasteiger partial charge in [0.25, 0.3) is 5.91 Å². The van der Waals surface area contributed by atoms with Crippen LogP contribution in [-0.2, 0) is 0 Å². The Bertz CT molecular complexity index is 1070. The number of piperidine rings is 1. The summed E-state index contributed by atoms with van der Waals surface area (Å²) in [6, 6.07) is 16.3. The van der Waals surface area contributed by atoms with Gasteiger partial charge in [0.1, 0.15) is 0 Å². The number of carbonyl (C=O) groups excluding carboxylic acids is 1. The van der Waals surface area contributed by atoms with Gasteiger partial charge in [-0.1, -0.05) is 36.4 Å². The number of rotatable bonds is 3. The molecule has 3 aromatic rings. The van der Waals surface area contributed by atoms with Crippen molar-refractivity contribution in [2.45, 2.75) is 19.3 Å². The molecule has 2 aliphatic rings. The average molecular weight is 369 g/mol. The highest BCUT2D eigenvalue weighted by Crippen LogP contribution is 2.29. The van der Waals surface area contributed by atoms with E-state index in [1.54, 1.807) is 0 Å². The van der Waals surface area contributed by atoms with Crippen LogP contribution < -0.4 is 0 Å². The topological polar surface area (TPSA) is 48.5 Å². The zero-order valence-corrected chi connectivity index (χ0v) is 15.8. The number of para-hydroxylation sites is 1. The summed E-state index contributed by atoms with van der Waals surface area (Å²) in [4.78, 5) is 22.7. The maximum absolute atomic E-state index is 12.9. The number of hydrogen-bond donors (Lipinski definition) is 1. The molecule has 1 amide bonds. The van der Waals surface area contributed by atoms with Crippen molar-refractivity contribution in [1.29, 1.82) is 0 Å². The normalized spacial score (nSPS) is 17.3. The van der Waals surface area contributed by atoms with Gasteiger partial charge >= 0.3 is 0 Å². The van der Waals surface area contributed by atoms with Crippen molar-refractivity contribution in [2.75, 3.05) is 13.1 Å². The quantitative estimate of drug-likeness (QED) is 0.690. The third kappa shape index (κ3) is 3.05. The molecule has 4 nitrogen and oxygen atoms in total. The highest BCUT2D eigenvalue weighted by atomic mass is 16.2. The summed E-state index contributed by atoms with van der Waals surface area (Å²) in [5, 5.41) is 1.20. The van der Waals surface area contributed by atoms with Gasteiger partial charge in [0, 0.05) is 65.6 Å². The number of benzene rings is 2. The van der Waals surface area contributed by atoms with Crippen LogP contribution in [0.3, 0.4) is 0 Å². The van der Waals surface area contributed by atoms with Crippen molar-refractivity contribution in [2.24, 2.45) is 10.9 Å². The molecule has 1 aromatic heterocycles. The summed E-state index contributed by atoms with van der Waals surface area (Å²) in [5.41, 5.74) is 5.47. The molecule has 28 heavy (non-hydrogen) atoms.